The third kappa shape index (κ3) is 4.39. The molecule has 0 aliphatic rings. The van der Waals surface area contributed by atoms with Gasteiger partial charge in [0.2, 0.25) is 5.43 Å². The van der Waals surface area contributed by atoms with Crippen molar-refractivity contribution in [2.75, 3.05) is 0 Å². The van der Waals surface area contributed by atoms with E-state index in [4.69, 9.17) is 4.42 Å². The molecule has 4 nitrogen and oxygen atoms in total. The summed E-state index contributed by atoms with van der Waals surface area (Å²) < 4.78 is 11.1. The van der Waals surface area contributed by atoms with Crippen molar-refractivity contribution in [3.8, 4) is 33.6 Å². The molecule has 0 N–H and O–H groups in total. The van der Waals surface area contributed by atoms with Gasteiger partial charge in [-0.3, -0.25) is 4.79 Å². The Bertz CT molecular complexity index is 3080. The molecule has 0 atom stereocenters. The number of aromatic nitrogens is 2. The zero-order chi connectivity index (χ0) is 35.0. The van der Waals surface area contributed by atoms with E-state index in [-0.39, 0.29) is 5.43 Å². The summed E-state index contributed by atoms with van der Waals surface area (Å²) >= 11 is 0. The van der Waals surface area contributed by atoms with E-state index in [0.29, 0.717) is 21.9 Å². The van der Waals surface area contributed by atoms with Crippen LogP contribution in [0.2, 0.25) is 0 Å². The van der Waals surface area contributed by atoms with Crippen LogP contribution < -0.4 is 5.43 Å². The van der Waals surface area contributed by atoms with E-state index in [1.165, 1.54) is 21.5 Å². The number of hydrogen-bond donors (Lipinski definition) is 0. The van der Waals surface area contributed by atoms with E-state index >= 15 is 0 Å². The minimum Gasteiger partial charge on any atom is -0.456 e. The predicted molar refractivity (Wildman–Crippen MR) is 220 cm³/mol. The van der Waals surface area contributed by atoms with Gasteiger partial charge in [-0.15, -0.1) is 0 Å². The Labute approximate surface area is 304 Å². The minimum atomic E-state index is -0.0449. The van der Waals surface area contributed by atoms with Gasteiger partial charge >= 0.3 is 0 Å². The summed E-state index contributed by atoms with van der Waals surface area (Å²) in [4.78, 5) is 14.6. The zero-order valence-corrected chi connectivity index (χ0v) is 28.5. The van der Waals surface area contributed by atoms with Crippen LogP contribution in [0, 0.1) is 0 Å². The molecule has 4 heteroatoms. The zero-order valence-electron chi connectivity index (χ0n) is 28.5. The highest BCUT2D eigenvalue weighted by Crippen LogP contribution is 2.41. The summed E-state index contributed by atoms with van der Waals surface area (Å²) in [5.74, 6) is 0. The second-order valence-electron chi connectivity index (χ2n) is 13.6. The minimum absolute atomic E-state index is 0.0449. The SMILES string of the molecule is O=c1c2cc(-c3cccc4c5ccccc5n(-c5ccccc5)c34)ccc2oc2ccc(-c3cccc4c5ccccc5n(-c5ccccc5)c34)cc12. The van der Waals surface area contributed by atoms with Gasteiger partial charge in [0.1, 0.15) is 11.2 Å². The molecular formula is C49H30N2O2. The van der Waals surface area contributed by atoms with E-state index in [0.717, 1.165) is 55.7 Å². The molecule has 248 valence electrons. The van der Waals surface area contributed by atoms with E-state index in [2.05, 4.69) is 155 Å². The van der Waals surface area contributed by atoms with Gasteiger partial charge in [0.15, 0.2) is 0 Å². The molecule has 53 heavy (non-hydrogen) atoms. The molecule has 0 saturated heterocycles. The van der Waals surface area contributed by atoms with Crippen LogP contribution in [0.15, 0.2) is 191 Å². The molecule has 11 rings (SSSR count). The Morgan fingerprint density at radius 1 is 0.358 bits per heavy atom. The van der Waals surface area contributed by atoms with Crippen LogP contribution in [0.4, 0.5) is 0 Å². The van der Waals surface area contributed by atoms with Gasteiger partial charge in [-0.05, 0) is 71.8 Å². The highest BCUT2D eigenvalue weighted by atomic mass is 16.3. The Morgan fingerprint density at radius 3 is 1.25 bits per heavy atom. The largest absolute Gasteiger partial charge is 0.456 e. The number of benzene rings is 8. The monoisotopic (exact) mass is 678 g/mol. The second kappa shape index (κ2) is 11.4. The van der Waals surface area contributed by atoms with Crippen molar-refractivity contribution >= 4 is 65.6 Å². The predicted octanol–water partition coefficient (Wildman–Crippen LogP) is 12.5. The van der Waals surface area contributed by atoms with E-state index in [1.54, 1.807) is 0 Å². The number of hydrogen-bond acceptors (Lipinski definition) is 2. The Hall–Kier alpha value is -7.17. The fraction of sp³-hybridized carbons (Fsp3) is 0. The standard InChI is InChI=1S/C49H30N2O2/c52-49-41-29-31(35-19-11-21-39-37-17-7-9-23-43(37)50(47(35)39)33-13-3-1-4-14-33)25-27-45(41)53-46-28-26-32(30-42(46)49)36-20-12-22-40-38-18-8-10-24-44(38)51(48(36)40)34-15-5-2-6-16-34/h1-30H. The van der Waals surface area contributed by atoms with Crippen molar-refractivity contribution in [3.63, 3.8) is 0 Å². The molecular weight excluding hydrogens is 649 g/mol. The maximum absolute atomic E-state index is 14.6. The van der Waals surface area contributed by atoms with Gasteiger partial charge in [-0.25, -0.2) is 0 Å². The van der Waals surface area contributed by atoms with Crippen molar-refractivity contribution in [1.82, 2.24) is 9.13 Å². The molecule has 0 aliphatic heterocycles. The summed E-state index contributed by atoms with van der Waals surface area (Å²) in [5.41, 5.74) is 11.8. The van der Waals surface area contributed by atoms with Gasteiger partial charge in [0, 0.05) is 44.0 Å². The van der Waals surface area contributed by atoms with Gasteiger partial charge in [-0.2, -0.15) is 0 Å². The third-order valence-electron chi connectivity index (χ3n) is 10.7. The number of fused-ring (bicyclic) bond motifs is 8. The molecule has 8 aromatic carbocycles. The quantitative estimate of drug-likeness (QED) is 0.174. The molecule has 0 bridgehead atoms. The van der Waals surface area contributed by atoms with Crippen LogP contribution in [-0.4, -0.2) is 9.13 Å². The number of nitrogens with zero attached hydrogens (tertiary/aromatic N) is 2. The van der Waals surface area contributed by atoms with Crippen LogP contribution in [-0.2, 0) is 0 Å². The van der Waals surface area contributed by atoms with Crippen molar-refractivity contribution in [1.29, 1.82) is 0 Å². The first-order valence-electron chi connectivity index (χ1n) is 17.9. The molecule has 0 spiro atoms. The highest BCUT2D eigenvalue weighted by molar-refractivity contribution is 6.15. The van der Waals surface area contributed by atoms with Crippen molar-refractivity contribution in [2.45, 2.75) is 0 Å². The normalized spacial score (nSPS) is 11.8. The maximum atomic E-state index is 14.6. The van der Waals surface area contributed by atoms with E-state index < -0.39 is 0 Å². The maximum Gasteiger partial charge on any atom is 0.200 e. The lowest BCUT2D eigenvalue weighted by Gasteiger charge is -2.13. The van der Waals surface area contributed by atoms with Crippen molar-refractivity contribution in [3.05, 3.63) is 192 Å². The highest BCUT2D eigenvalue weighted by Gasteiger charge is 2.19. The molecule has 0 amide bonds. The second-order valence-corrected chi connectivity index (χ2v) is 13.6. The van der Waals surface area contributed by atoms with Gasteiger partial charge in [-0.1, -0.05) is 121 Å². The smallest absolute Gasteiger partial charge is 0.200 e. The summed E-state index contributed by atoms with van der Waals surface area (Å²) in [7, 11) is 0. The number of rotatable bonds is 4. The van der Waals surface area contributed by atoms with Crippen LogP contribution in [0.25, 0.3) is 99.2 Å². The van der Waals surface area contributed by atoms with Crippen LogP contribution >= 0.6 is 0 Å². The van der Waals surface area contributed by atoms with Crippen LogP contribution in [0.1, 0.15) is 0 Å². The Kier molecular flexibility index (Phi) is 6.37. The third-order valence-corrected chi connectivity index (χ3v) is 10.7. The van der Waals surface area contributed by atoms with E-state index in [9.17, 15) is 4.79 Å². The summed E-state index contributed by atoms with van der Waals surface area (Å²) in [6, 6.07) is 62.9. The molecule has 3 aromatic heterocycles. The average molecular weight is 679 g/mol. The van der Waals surface area contributed by atoms with Crippen LogP contribution in [0.3, 0.4) is 0 Å². The summed E-state index contributed by atoms with van der Waals surface area (Å²) in [6.07, 6.45) is 0. The lowest BCUT2D eigenvalue weighted by Crippen LogP contribution is -2.03. The fourth-order valence-corrected chi connectivity index (χ4v) is 8.39. The molecule has 3 heterocycles. The first-order chi connectivity index (χ1) is 26.2. The van der Waals surface area contributed by atoms with Gasteiger partial charge in [0.25, 0.3) is 0 Å². The molecule has 0 aliphatic carbocycles. The Morgan fingerprint density at radius 2 is 0.774 bits per heavy atom. The first-order valence-corrected chi connectivity index (χ1v) is 17.9. The molecule has 0 radical (unpaired) electrons. The molecule has 0 unspecified atom stereocenters. The average Bonchev–Trinajstić information content (AvgIpc) is 3.75. The topological polar surface area (TPSA) is 40.1 Å². The lowest BCUT2D eigenvalue weighted by molar-refractivity contribution is 0.660. The first kappa shape index (κ1) is 29.5. The Balaban J connectivity index is 1.13. The van der Waals surface area contributed by atoms with Crippen LogP contribution in [0.5, 0.6) is 0 Å². The van der Waals surface area contributed by atoms with Gasteiger partial charge in [0.05, 0.1) is 32.8 Å². The van der Waals surface area contributed by atoms with Crippen molar-refractivity contribution < 1.29 is 4.42 Å². The van der Waals surface area contributed by atoms with Gasteiger partial charge < -0.3 is 13.6 Å². The lowest BCUT2D eigenvalue weighted by atomic mass is 9.98. The molecule has 0 saturated carbocycles. The summed E-state index contributed by atoms with van der Waals surface area (Å²) in [5, 5.41) is 5.83. The number of para-hydroxylation sites is 6. The molecule has 11 aromatic rings. The fourth-order valence-electron chi connectivity index (χ4n) is 8.39. The summed E-state index contributed by atoms with van der Waals surface area (Å²) in [6.45, 7) is 0. The van der Waals surface area contributed by atoms with E-state index in [1.807, 2.05) is 36.4 Å². The molecule has 0 fully saturated rings. The van der Waals surface area contributed by atoms with Crippen molar-refractivity contribution in [2.24, 2.45) is 0 Å².